The van der Waals surface area contributed by atoms with E-state index < -0.39 is 11.8 Å². The summed E-state index contributed by atoms with van der Waals surface area (Å²) in [5.41, 5.74) is 3.99. The molecule has 2 atom stereocenters. The van der Waals surface area contributed by atoms with Crippen LogP contribution in [0.2, 0.25) is 0 Å². The average Bonchev–Trinajstić information content (AvgIpc) is 2.67. The molecule has 3 aliphatic rings. The smallest absolute Gasteiger partial charge is 0.211 e. The highest BCUT2D eigenvalue weighted by molar-refractivity contribution is 6.45. The topological polar surface area (TPSA) is 34.1 Å². The van der Waals surface area contributed by atoms with Gasteiger partial charge in [0.25, 0.3) is 0 Å². The third-order valence-electron chi connectivity index (χ3n) is 5.91. The van der Waals surface area contributed by atoms with Gasteiger partial charge in [-0.3, -0.25) is 9.59 Å². The van der Waals surface area contributed by atoms with E-state index in [1.807, 2.05) is 36.4 Å². The van der Waals surface area contributed by atoms with Crippen molar-refractivity contribution in [1.29, 1.82) is 0 Å². The van der Waals surface area contributed by atoms with Crippen molar-refractivity contribution >= 4 is 33.1 Å². The number of carbonyl (C=O) groups excluding carboxylic acids is 2. The highest BCUT2D eigenvalue weighted by Crippen LogP contribution is 2.50. The van der Waals surface area contributed by atoms with E-state index in [2.05, 4.69) is 36.4 Å². The molecule has 0 radical (unpaired) electrons. The summed E-state index contributed by atoms with van der Waals surface area (Å²) in [4.78, 5) is 25.4. The van der Waals surface area contributed by atoms with Crippen LogP contribution in [0.4, 0.5) is 0 Å². The zero-order valence-corrected chi connectivity index (χ0v) is 13.9. The Labute approximate surface area is 150 Å². The van der Waals surface area contributed by atoms with E-state index in [0.717, 1.165) is 33.0 Å². The quantitative estimate of drug-likeness (QED) is 0.344. The lowest BCUT2D eigenvalue weighted by Gasteiger charge is -2.38. The number of hydrogen-bond donors (Lipinski definition) is 0. The van der Waals surface area contributed by atoms with Gasteiger partial charge >= 0.3 is 0 Å². The molecule has 0 spiro atoms. The van der Waals surface area contributed by atoms with Crippen LogP contribution in [0.15, 0.2) is 72.8 Å². The Morgan fingerprint density at radius 1 is 0.462 bits per heavy atom. The van der Waals surface area contributed by atoms with Gasteiger partial charge in [-0.15, -0.1) is 0 Å². The van der Waals surface area contributed by atoms with Gasteiger partial charge in [0.1, 0.15) is 0 Å². The van der Waals surface area contributed by atoms with Crippen molar-refractivity contribution in [2.75, 3.05) is 0 Å². The van der Waals surface area contributed by atoms with Crippen molar-refractivity contribution in [2.24, 2.45) is 0 Å². The van der Waals surface area contributed by atoms with E-state index >= 15 is 0 Å². The highest BCUT2D eigenvalue weighted by Gasteiger charge is 2.48. The number of fused-ring (bicyclic) bond motifs is 3. The predicted octanol–water partition coefficient (Wildman–Crippen LogP) is 4.72. The van der Waals surface area contributed by atoms with Gasteiger partial charge in [0.05, 0.1) is 11.8 Å². The van der Waals surface area contributed by atoms with Crippen LogP contribution in [0.5, 0.6) is 0 Å². The maximum Gasteiger partial charge on any atom is 0.211 e. The van der Waals surface area contributed by atoms with Crippen LogP contribution in [0.3, 0.4) is 0 Å². The van der Waals surface area contributed by atoms with Crippen molar-refractivity contribution in [3.8, 4) is 0 Å². The lowest BCUT2D eigenvalue weighted by atomic mass is 9.62. The normalized spacial score (nSPS) is 20.5. The summed E-state index contributed by atoms with van der Waals surface area (Å²) in [6, 6.07) is 24.7. The highest BCUT2D eigenvalue weighted by atomic mass is 16.2. The van der Waals surface area contributed by atoms with Crippen molar-refractivity contribution < 1.29 is 9.59 Å². The molecule has 2 bridgehead atoms. The Balaban J connectivity index is 1.72. The van der Waals surface area contributed by atoms with E-state index in [0.29, 0.717) is 0 Å². The second kappa shape index (κ2) is 4.67. The Morgan fingerprint density at radius 3 is 1.35 bits per heavy atom. The molecule has 26 heavy (non-hydrogen) atoms. The first-order valence-electron chi connectivity index (χ1n) is 8.85. The van der Waals surface area contributed by atoms with Crippen LogP contribution < -0.4 is 0 Å². The number of ketones is 2. The molecule has 7 rings (SSSR count). The van der Waals surface area contributed by atoms with Gasteiger partial charge in [-0.1, -0.05) is 48.5 Å². The van der Waals surface area contributed by atoms with E-state index in [9.17, 15) is 9.59 Å². The number of benzene rings is 4. The minimum Gasteiger partial charge on any atom is -0.290 e. The van der Waals surface area contributed by atoms with Crippen molar-refractivity contribution in [1.82, 2.24) is 0 Å². The molecule has 0 amide bonds. The molecule has 3 aliphatic carbocycles. The first-order valence-corrected chi connectivity index (χ1v) is 8.85. The van der Waals surface area contributed by atoms with Gasteiger partial charge in [0, 0.05) is 0 Å². The Hall–Kier alpha value is -3.26. The molecule has 0 aromatic heterocycles. The lowest BCUT2D eigenvalue weighted by molar-refractivity contribution is -0.138. The van der Waals surface area contributed by atoms with Gasteiger partial charge in [0.15, 0.2) is 0 Å². The summed E-state index contributed by atoms with van der Waals surface area (Å²) >= 11 is 0. The minimum atomic E-state index is -0.449. The Bertz CT molecular complexity index is 1180. The van der Waals surface area contributed by atoms with Crippen LogP contribution in [-0.2, 0) is 9.59 Å². The van der Waals surface area contributed by atoms with E-state index in [1.165, 1.54) is 10.8 Å². The fraction of sp³-hybridized carbons (Fsp3) is 0.0833. The Kier molecular flexibility index (Phi) is 2.51. The van der Waals surface area contributed by atoms with Crippen LogP contribution in [-0.4, -0.2) is 11.6 Å². The van der Waals surface area contributed by atoms with Gasteiger partial charge in [0.2, 0.25) is 11.6 Å². The number of Topliss-reactive ketones (excluding diaryl/α,β-unsaturated/α-hetero) is 2. The number of rotatable bonds is 0. The average molecular weight is 334 g/mol. The molecule has 4 aromatic rings. The largest absolute Gasteiger partial charge is 0.290 e. The maximum atomic E-state index is 12.7. The summed E-state index contributed by atoms with van der Waals surface area (Å²) in [6.45, 7) is 0. The molecule has 0 saturated carbocycles. The molecular formula is C24H14O2. The minimum absolute atomic E-state index is 0.263. The molecule has 0 aliphatic heterocycles. The fourth-order valence-corrected chi connectivity index (χ4v) is 4.75. The number of carbonyl (C=O) groups is 2. The van der Waals surface area contributed by atoms with Crippen molar-refractivity contribution in [2.45, 2.75) is 11.8 Å². The summed E-state index contributed by atoms with van der Waals surface area (Å²) in [5.74, 6) is -1.42. The van der Waals surface area contributed by atoms with E-state index in [1.54, 1.807) is 0 Å². The molecule has 4 aromatic carbocycles. The van der Waals surface area contributed by atoms with Gasteiger partial charge < -0.3 is 0 Å². The standard InChI is InChI=1S/C24H14O2/c25-23-21-17-7-3-4-8-18(17)22(24(23)26)20-12-16-10-14-6-2-1-5-13(14)9-15(16)11-19(20)21/h1-12,21-22H. The molecule has 0 N–H and O–H groups in total. The van der Waals surface area contributed by atoms with Gasteiger partial charge in [-0.25, -0.2) is 0 Å². The lowest BCUT2D eigenvalue weighted by Crippen LogP contribution is -2.40. The molecule has 0 heterocycles. The molecule has 0 fully saturated rings. The summed E-state index contributed by atoms with van der Waals surface area (Å²) in [6.07, 6.45) is 0. The van der Waals surface area contributed by atoms with Crippen LogP contribution in [0, 0.1) is 0 Å². The molecule has 2 unspecified atom stereocenters. The summed E-state index contributed by atoms with van der Waals surface area (Å²) in [7, 11) is 0. The molecule has 122 valence electrons. The first-order chi connectivity index (χ1) is 12.7. The zero-order valence-electron chi connectivity index (χ0n) is 13.9. The second-order valence-electron chi connectivity index (χ2n) is 7.25. The zero-order chi connectivity index (χ0) is 17.4. The summed E-state index contributed by atoms with van der Waals surface area (Å²) < 4.78 is 0. The Morgan fingerprint density at radius 2 is 0.885 bits per heavy atom. The number of hydrogen-bond acceptors (Lipinski definition) is 2. The second-order valence-corrected chi connectivity index (χ2v) is 7.25. The molecular weight excluding hydrogens is 320 g/mol. The maximum absolute atomic E-state index is 12.7. The molecule has 2 heteroatoms. The third-order valence-corrected chi connectivity index (χ3v) is 5.91. The molecule has 2 nitrogen and oxygen atoms in total. The monoisotopic (exact) mass is 334 g/mol. The predicted molar refractivity (Wildman–Crippen MR) is 102 cm³/mol. The van der Waals surface area contributed by atoms with Gasteiger partial charge in [-0.05, 0) is 68.1 Å². The van der Waals surface area contributed by atoms with E-state index in [4.69, 9.17) is 0 Å². The van der Waals surface area contributed by atoms with Crippen molar-refractivity contribution in [3.63, 3.8) is 0 Å². The van der Waals surface area contributed by atoms with Crippen LogP contribution in [0.1, 0.15) is 34.1 Å². The fourth-order valence-electron chi connectivity index (χ4n) is 4.75. The summed E-state index contributed by atoms with van der Waals surface area (Å²) in [5, 5.41) is 4.60. The van der Waals surface area contributed by atoms with Crippen molar-refractivity contribution in [3.05, 3.63) is 95.1 Å². The SMILES string of the molecule is O=C1C(=O)C2c3ccccc3C1c1cc3cc4ccccc4cc3cc12. The van der Waals surface area contributed by atoms with Gasteiger partial charge in [-0.2, -0.15) is 0 Å². The first kappa shape index (κ1) is 14.0. The third kappa shape index (κ3) is 1.62. The van der Waals surface area contributed by atoms with E-state index in [-0.39, 0.29) is 11.6 Å². The van der Waals surface area contributed by atoms with Crippen LogP contribution >= 0.6 is 0 Å². The molecule has 0 saturated heterocycles. The van der Waals surface area contributed by atoms with Crippen LogP contribution in [0.25, 0.3) is 21.5 Å².